The molecule has 3 heterocycles. The largest absolute Gasteiger partial charge is 0.350 e. The second kappa shape index (κ2) is 9.88. The predicted molar refractivity (Wildman–Crippen MR) is 125 cm³/mol. The third-order valence-corrected chi connectivity index (χ3v) is 6.07. The minimum absolute atomic E-state index is 0.0896. The number of piperidine rings is 1. The quantitative estimate of drug-likeness (QED) is 0.480. The van der Waals surface area contributed by atoms with Crippen molar-refractivity contribution in [3.05, 3.63) is 81.1 Å². The zero-order valence-corrected chi connectivity index (χ0v) is 18.2. The molecule has 0 bridgehead atoms. The Morgan fingerprint density at radius 2 is 1.87 bits per heavy atom. The first-order chi connectivity index (χ1) is 15.1. The molecule has 2 saturated heterocycles. The second-order valence-electron chi connectivity index (χ2n) is 8.45. The molecule has 1 aromatic heterocycles. The van der Waals surface area contributed by atoms with Gasteiger partial charge in [-0.1, -0.05) is 48.1 Å². The van der Waals surface area contributed by atoms with Gasteiger partial charge in [-0.3, -0.25) is 15.0 Å². The van der Waals surface area contributed by atoms with Crippen LogP contribution in [0.3, 0.4) is 0 Å². The average Bonchev–Trinajstić information content (AvgIpc) is 3.27. The van der Waals surface area contributed by atoms with Crippen LogP contribution < -0.4 is 4.90 Å². The van der Waals surface area contributed by atoms with Gasteiger partial charge in [-0.15, -0.1) is 0 Å². The number of pyridine rings is 1. The number of aryl methyl sites for hydroxylation is 1. The number of aromatic nitrogens is 1. The van der Waals surface area contributed by atoms with Crippen molar-refractivity contribution in [2.75, 3.05) is 31.1 Å². The van der Waals surface area contributed by atoms with Crippen molar-refractivity contribution in [1.29, 1.82) is 0 Å². The highest BCUT2D eigenvalue weighted by Crippen LogP contribution is 2.29. The van der Waals surface area contributed by atoms with Gasteiger partial charge in [-0.05, 0) is 62.9 Å². The molecule has 2 aromatic rings. The number of nitro groups is 1. The Kier molecular flexibility index (Phi) is 6.77. The monoisotopic (exact) mass is 418 g/mol. The number of likely N-dealkylation sites (tertiary alicyclic amines) is 1. The van der Waals surface area contributed by atoms with Crippen LogP contribution in [0, 0.1) is 17.0 Å². The van der Waals surface area contributed by atoms with Gasteiger partial charge in [-0.2, -0.15) is 0 Å². The summed E-state index contributed by atoms with van der Waals surface area (Å²) in [4.78, 5) is 20.0. The van der Waals surface area contributed by atoms with Crippen molar-refractivity contribution in [1.82, 2.24) is 9.88 Å². The summed E-state index contributed by atoms with van der Waals surface area (Å²) in [6.07, 6.45) is 10.9. The number of allylic oxidation sites excluding steroid dienone is 2. The number of hydrogen-bond acceptors (Lipinski definition) is 5. The van der Waals surface area contributed by atoms with Gasteiger partial charge in [0.05, 0.1) is 4.92 Å². The topological polar surface area (TPSA) is 62.5 Å². The van der Waals surface area contributed by atoms with Crippen LogP contribution in [0.25, 0.3) is 6.08 Å². The molecule has 0 radical (unpaired) electrons. The van der Waals surface area contributed by atoms with Crippen molar-refractivity contribution in [3.63, 3.8) is 0 Å². The van der Waals surface area contributed by atoms with Gasteiger partial charge in [0.25, 0.3) is 0 Å². The third kappa shape index (κ3) is 5.58. The van der Waals surface area contributed by atoms with Crippen LogP contribution in [0.4, 0.5) is 11.5 Å². The second-order valence-corrected chi connectivity index (χ2v) is 8.45. The number of anilines is 1. The number of hydrogen-bond donors (Lipinski definition) is 0. The summed E-state index contributed by atoms with van der Waals surface area (Å²) in [5, 5.41) is 11.4. The van der Waals surface area contributed by atoms with Crippen LogP contribution in [-0.4, -0.2) is 41.0 Å². The fourth-order valence-corrected chi connectivity index (χ4v) is 4.37. The summed E-state index contributed by atoms with van der Waals surface area (Å²) < 4.78 is 0. The van der Waals surface area contributed by atoms with Crippen LogP contribution in [0.15, 0.2) is 54.1 Å². The molecule has 0 unspecified atom stereocenters. The van der Waals surface area contributed by atoms with E-state index in [9.17, 15) is 10.1 Å². The molecule has 0 amide bonds. The lowest BCUT2D eigenvalue weighted by atomic mass is 10.0. The fraction of sp³-hybridized carbons (Fsp3) is 0.400. The van der Waals surface area contributed by atoms with E-state index in [0.29, 0.717) is 5.82 Å². The van der Waals surface area contributed by atoms with Gasteiger partial charge >= 0.3 is 5.69 Å². The van der Waals surface area contributed by atoms with E-state index < -0.39 is 0 Å². The van der Waals surface area contributed by atoms with E-state index in [1.807, 2.05) is 11.8 Å². The third-order valence-electron chi connectivity index (χ3n) is 6.07. The number of nitrogens with zero attached hydrogens (tertiary/aromatic N) is 4. The molecule has 6 heteroatoms. The van der Waals surface area contributed by atoms with Gasteiger partial charge < -0.3 is 4.90 Å². The minimum Gasteiger partial charge on any atom is -0.350 e. The van der Waals surface area contributed by atoms with Gasteiger partial charge in [0.1, 0.15) is 0 Å². The van der Waals surface area contributed by atoms with Crippen LogP contribution in [0.5, 0.6) is 0 Å². The Morgan fingerprint density at radius 1 is 1.10 bits per heavy atom. The molecule has 0 N–H and O–H groups in total. The highest BCUT2D eigenvalue weighted by molar-refractivity contribution is 5.59. The molecule has 6 nitrogen and oxygen atoms in total. The zero-order chi connectivity index (χ0) is 21.6. The van der Waals surface area contributed by atoms with Crippen molar-refractivity contribution in [2.24, 2.45) is 0 Å². The van der Waals surface area contributed by atoms with E-state index >= 15 is 0 Å². The molecular formula is C25H30N4O2. The SMILES string of the molecule is Cc1ccc([N+](=O)[O-])c(N2CCC(=CC=Cc3cccc(CN4CCCC4)c3)CC2)n1. The summed E-state index contributed by atoms with van der Waals surface area (Å²) in [7, 11) is 0. The number of rotatable bonds is 6. The maximum Gasteiger partial charge on any atom is 0.311 e. The van der Waals surface area contributed by atoms with E-state index in [1.165, 1.54) is 42.6 Å². The Hall–Kier alpha value is -2.99. The standard InChI is InChI=1S/C25H30N4O2/c1-20-10-11-24(29(30)31)25(26-20)28-16-12-21(13-17-28)6-4-7-22-8-5-9-23(18-22)19-27-14-2-3-15-27/h4-11,18H,2-3,12-17,19H2,1H3. The van der Waals surface area contributed by atoms with Crippen LogP contribution in [0.2, 0.25) is 0 Å². The van der Waals surface area contributed by atoms with Crippen LogP contribution in [-0.2, 0) is 6.54 Å². The predicted octanol–water partition coefficient (Wildman–Crippen LogP) is 5.13. The summed E-state index contributed by atoms with van der Waals surface area (Å²) in [5.74, 6) is 0.495. The van der Waals surface area contributed by atoms with E-state index in [4.69, 9.17) is 0 Å². The van der Waals surface area contributed by atoms with Gasteiger partial charge in [0.2, 0.25) is 5.82 Å². The van der Waals surface area contributed by atoms with Crippen molar-refractivity contribution < 1.29 is 4.92 Å². The van der Waals surface area contributed by atoms with E-state index in [-0.39, 0.29) is 10.6 Å². The molecule has 0 saturated carbocycles. The summed E-state index contributed by atoms with van der Waals surface area (Å²) in [6.45, 7) is 6.84. The van der Waals surface area contributed by atoms with E-state index in [0.717, 1.165) is 38.2 Å². The molecule has 0 spiro atoms. The van der Waals surface area contributed by atoms with Crippen molar-refractivity contribution >= 4 is 17.6 Å². The zero-order valence-electron chi connectivity index (χ0n) is 18.2. The van der Waals surface area contributed by atoms with E-state index in [1.54, 1.807) is 12.1 Å². The summed E-state index contributed by atoms with van der Waals surface area (Å²) >= 11 is 0. The minimum atomic E-state index is -0.340. The smallest absolute Gasteiger partial charge is 0.311 e. The van der Waals surface area contributed by atoms with Gasteiger partial charge in [-0.25, -0.2) is 4.98 Å². The molecule has 2 aliphatic heterocycles. The molecule has 0 aliphatic carbocycles. The molecule has 1 aromatic carbocycles. The molecule has 31 heavy (non-hydrogen) atoms. The molecule has 162 valence electrons. The van der Waals surface area contributed by atoms with Crippen molar-refractivity contribution in [2.45, 2.75) is 39.2 Å². The highest BCUT2D eigenvalue weighted by Gasteiger charge is 2.23. The van der Waals surface area contributed by atoms with Crippen molar-refractivity contribution in [3.8, 4) is 0 Å². The lowest BCUT2D eigenvalue weighted by Gasteiger charge is -2.29. The van der Waals surface area contributed by atoms with Crippen LogP contribution in [0.1, 0.15) is 42.5 Å². The fourth-order valence-electron chi connectivity index (χ4n) is 4.37. The molecular weight excluding hydrogens is 388 g/mol. The average molecular weight is 419 g/mol. The lowest BCUT2D eigenvalue weighted by Crippen LogP contribution is -2.32. The Labute approximate surface area is 184 Å². The summed E-state index contributed by atoms with van der Waals surface area (Å²) in [5.41, 5.74) is 4.86. The van der Waals surface area contributed by atoms with E-state index in [2.05, 4.69) is 52.4 Å². The van der Waals surface area contributed by atoms with Crippen LogP contribution >= 0.6 is 0 Å². The first-order valence-electron chi connectivity index (χ1n) is 11.1. The first-order valence-corrected chi connectivity index (χ1v) is 11.1. The number of benzene rings is 1. The summed E-state index contributed by atoms with van der Waals surface area (Å²) in [6, 6.07) is 12.0. The Morgan fingerprint density at radius 3 is 2.61 bits per heavy atom. The molecule has 4 rings (SSSR count). The first kappa shape index (κ1) is 21.2. The molecule has 2 aliphatic rings. The van der Waals surface area contributed by atoms with Gasteiger partial charge in [0, 0.05) is 31.4 Å². The Bertz CT molecular complexity index is 983. The Balaban J connectivity index is 1.35. The molecule has 2 fully saturated rings. The normalized spacial score (nSPS) is 17.5. The highest BCUT2D eigenvalue weighted by atomic mass is 16.6. The maximum absolute atomic E-state index is 11.4. The maximum atomic E-state index is 11.4. The molecule has 0 atom stereocenters. The lowest BCUT2D eigenvalue weighted by molar-refractivity contribution is -0.384. The van der Waals surface area contributed by atoms with Gasteiger partial charge in [0.15, 0.2) is 0 Å².